The number of hydrogen-bond donors (Lipinski definition) is 1. The molecule has 0 aliphatic heterocycles. The van der Waals surface area contributed by atoms with E-state index >= 15 is 0 Å². The second kappa shape index (κ2) is 6.22. The van der Waals surface area contributed by atoms with Gasteiger partial charge in [0.2, 0.25) is 5.89 Å². The number of pyridine rings is 1. The van der Waals surface area contributed by atoms with E-state index in [4.69, 9.17) is 9.15 Å². The maximum atomic E-state index is 12.2. The molecule has 1 saturated carbocycles. The van der Waals surface area contributed by atoms with Crippen molar-refractivity contribution in [3.8, 4) is 11.6 Å². The van der Waals surface area contributed by atoms with Gasteiger partial charge in [0.05, 0.1) is 0 Å². The third-order valence-electron chi connectivity index (χ3n) is 3.92. The SMILES string of the molecule is CC(C)(C)OC(=O)NC1(c2nnc(-c3ccccn3)o2)CCCC1. The second-order valence-electron chi connectivity index (χ2n) is 7.04. The van der Waals surface area contributed by atoms with Gasteiger partial charge in [-0.15, -0.1) is 10.2 Å². The van der Waals surface area contributed by atoms with Crippen molar-refractivity contribution in [3.63, 3.8) is 0 Å². The van der Waals surface area contributed by atoms with Crippen molar-refractivity contribution in [2.24, 2.45) is 0 Å². The van der Waals surface area contributed by atoms with E-state index in [0.717, 1.165) is 25.7 Å². The second-order valence-corrected chi connectivity index (χ2v) is 7.04. The van der Waals surface area contributed by atoms with Gasteiger partial charge < -0.3 is 14.5 Å². The van der Waals surface area contributed by atoms with Crippen LogP contribution >= 0.6 is 0 Å². The highest BCUT2D eigenvalue weighted by molar-refractivity contribution is 5.69. The van der Waals surface area contributed by atoms with Gasteiger partial charge in [0.15, 0.2) is 0 Å². The molecule has 0 bridgehead atoms. The van der Waals surface area contributed by atoms with E-state index < -0.39 is 17.2 Å². The first-order valence-electron chi connectivity index (χ1n) is 8.15. The number of rotatable bonds is 3. The number of nitrogens with one attached hydrogen (secondary N) is 1. The van der Waals surface area contributed by atoms with Gasteiger partial charge in [0.1, 0.15) is 16.8 Å². The van der Waals surface area contributed by atoms with Crippen molar-refractivity contribution >= 4 is 6.09 Å². The lowest BCUT2D eigenvalue weighted by Gasteiger charge is -2.28. The Kier molecular flexibility index (Phi) is 4.26. The lowest BCUT2D eigenvalue weighted by Crippen LogP contribution is -2.46. The first-order chi connectivity index (χ1) is 11.4. The Balaban J connectivity index is 1.83. The van der Waals surface area contributed by atoms with E-state index in [1.165, 1.54) is 0 Å². The average Bonchev–Trinajstić information content (AvgIpc) is 3.15. The minimum absolute atomic E-state index is 0.350. The largest absolute Gasteiger partial charge is 0.444 e. The first-order valence-corrected chi connectivity index (χ1v) is 8.15. The Morgan fingerprint density at radius 1 is 1.25 bits per heavy atom. The molecule has 1 aliphatic carbocycles. The van der Waals surface area contributed by atoms with Crippen molar-refractivity contribution in [2.75, 3.05) is 0 Å². The van der Waals surface area contributed by atoms with Gasteiger partial charge in [-0.05, 0) is 45.7 Å². The van der Waals surface area contributed by atoms with Crippen LogP contribution in [0.5, 0.6) is 0 Å². The molecule has 7 nitrogen and oxygen atoms in total. The van der Waals surface area contributed by atoms with Crippen LogP contribution in [0.2, 0.25) is 0 Å². The van der Waals surface area contributed by atoms with Crippen molar-refractivity contribution < 1.29 is 13.9 Å². The van der Waals surface area contributed by atoms with Crippen LogP contribution in [0.4, 0.5) is 4.79 Å². The number of carbonyl (C=O) groups is 1. The quantitative estimate of drug-likeness (QED) is 0.927. The molecule has 0 atom stereocenters. The summed E-state index contributed by atoms with van der Waals surface area (Å²) in [6, 6.07) is 5.49. The highest BCUT2D eigenvalue weighted by Gasteiger charge is 2.43. The molecule has 24 heavy (non-hydrogen) atoms. The predicted molar refractivity (Wildman–Crippen MR) is 87.0 cm³/mol. The summed E-state index contributed by atoms with van der Waals surface area (Å²) in [7, 11) is 0. The summed E-state index contributed by atoms with van der Waals surface area (Å²) in [6.45, 7) is 5.50. The fourth-order valence-electron chi connectivity index (χ4n) is 2.88. The van der Waals surface area contributed by atoms with Crippen LogP contribution in [-0.4, -0.2) is 26.9 Å². The average molecular weight is 330 g/mol. The minimum atomic E-state index is -0.664. The van der Waals surface area contributed by atoms with Crippen LogP contribution in [0.1, 0.15) is 52.3 Å². The van der Waals surface area contributed by atoms with Gasteiger partial charge in [-0.2, -0.15) is 0 Å². The van der Waals surface area contributed by atoms with Gasteiger partial charge in [-0.3, -0.25) is 4.98 Å². The Morgan fingerprint density at radius 3 is 2.62 bits per heavy atom. The number of carbonyl (C=O) groups excluding carboxylic acids is 1. The van der Waals surface area contributed by atoms with Crippen LogP contribution in [0, 0.1) is 0 Å². The summed E-state index contributed by atoms with van der Waals surface area (Å²) in [5.74, 6) is 0.759. The zero-order valence-corrected chi connectivity index (χ0v) is 14.2. The van der Waals surface area contributed by atoms with E-state index in [1.807, 2.05) is 32.9 Å². The molecule has 0 radical (unpaired) electrons. The minimum Gasteiger partial charge on any atom is -0.444 e. The number of aromatic nitrogens is 3. The fourth-order valence-corrected chi connectivity index (χ4v) is 2.88. The number of ether oxygens (including phenoxy) is 1. The zero-order valence-electron chi connectivity index (χ0n) is 14.2. The maximum absolute atomic E-state index is 12.2. The highest BCUT2D eigenvalue weighted by Crippen LogP contribution is 2.39. The lowest BCUT2D eigenvalue weighted by atomic mass is 9.98. The Bertz CT molecular complexity index is 700. The van der Waals surface area contributed by atoms with E-state index in [1.54, 1.807) is 12.3 Å². The topological polar surface area (TPSA) is 90.1 Å². The molecule has 0 saturated heterocycles. The summed E-state index contributed by atoms with van der Waals surface area (Å²) >= 11 is 0. The van der Waals surface area contributed by atoms with E-state index in [-0.39, 0.29) is 0 Å². The molecule has 1 N–H and O–H groups in total. The Morgan fingerprint density at radius 2 is 2.00 bits per heavy atom. The molecular weight excluding hydrogens is 308 g/mol. The van der Waals surface area contributed by atoms with E-state index in [2.05, 4.69) is 20.5 Å². The fraction of sp³-hybridized carbons (Fsp3) is 0.529. The molecule has 128 valence electrons. The normalized spacial score (nSPS) is 16.8. The van der Waals surface area contributed by atoms with E-state index in [9.17, 15) is 4.79 Å². The predicted octanol–water partition coefficient (Wildman–Crippen LogP) is 3.43. The van der Waals surface area contributed by atoms with Crippen molar-refractivity contribution in [3.05, 3.63) is 30.3 Å². The van der Waals surface area contributed by atoms with Crippen LogP contribution < -0.4 is 5.32 Å². The molecule has 7 heteroatoms. The van der Waals surface area contributed by atoms with Gasteiger partial charge in [-0.25, -0.2) is 4.79 Å². The molecule has 2 aromatic rings. The molecule has 0 unspecified atom stereocenters. The summed E-state index contributed by atoms with van der Waals surface area (Å²) in [4.78, 5) is 16.4. The summed E-state index contributed by atoms with van der Waals surface area (Å²) in [5, 5.41) is 11.2. The van der Waals surface area contributed by atoms with Gasteiger partial charge in [0.25, 0.3) is 5.89 Å². The molecule has 1 aliphatic rings. The lowest BCUT2D eigenvalue weighted by molar-refractivity contribution is 0.0434. The van der Waals surface area contributed by atoms with Crippen molar-refractivity contribution in [1.82, 2.24) is 20.5 Å². The molecule has 3 rings (SSSR count). The first kappa shape index (κ1) is 16.4. The van der Waals surface area contributed by atoms with Gasteiger partial charge >= 0.3 is 6.09 Å². The molecule has 0 aromatic carbocycles. The molecule has 1 fully saturated rings. The highest BCUT2D eigenvalue weighted by atomic mass is 16.6. The van der Waals surface area contributed by atoms with Crippen LogP contribution in [0.25, 0.3) is 11.6 Å². The summed E-state index contributed by atoms with van der Waals surface area (Å²) < 4.78 is 11.2. The molecular formula is C17H22N4O3. The van der Waals surface area contributed by atoms with Gasteiger partial charge in [0, 0.05) is 6.20 Å². The Hall–Kier alpha value is -2.44. The van der Waals surface area contributed by atoms with Crippen molar-refractivity contribution in [2.45, 2.75) is 57.6 Å². The van der Waals surface area contributed by atoms with E-state index in [0.29, 0.717) is 17.5 Å². The van der Waals surface area contributed by atoms with Crippen molar-refractivity contribution in [1.29, 1.82) is 0 Å². The summed E-state index contributed by atoms with van der Waals surface area (Å²) in [6.07, 6.45) is 4.66. The summed E-state index contributed by atoms with van der Waals surface area (Å²) in [5.41, 5.74) is -0.609. The number of hydrogen-bond acceptors (Lipinski definition) is 6. The number of alkyl carbamates (subject to hydrolysis) is 1. The third kappa shape index (κ3) is 3.55. The van der Waals surface area contributed by atoms with Crippen LogP contribution in [-0.2, 0) is 10.3 Å². The molecule has 0 spiro atoms. The standard InChI is InChI=1S/C17H22N4O3/c1-16(2,3)24-15(22)19-17(9-5-6-10-17)14-21-20-13(23-14)12-8-4-7-11-18-12/h4,7-8,11H,5-6,9-10H2,1-3H3,(H,19,22). The number of nitrogens with zero attached hydrogens (tertiary/aromatic N) is 3. The molecule has 2 heterocycles. The number of amides is 1. The molecule has 2 aromatic heterocycles. The van der Waals surface area contributed by atoms with Crippen LogP contribution in [0.3, 0.4) is 0 Å². The van der Waals surface area contributed by atoms with Gasteiger partial charge in [-0.1, -0.05) is 18.9 Å². The van der Waals surface area contributed by atoms with Crippen LogP contribution in [0.15, 0.2) is 28.8 Å². The molecule has 1 amide bonds. The Labute approximate surface area is 140 Å². The monoisotopic (exact) mass is 330 g/mol. The third-order valence-corrected chi connectivity index (χ3v) is 3.92. The smallest absolute Gasteiger partial charge is 0.408 e. The zero-order chi connectivity index (χ0) is 17.2. The maximum Gasteiger partial charge on any atom is 0.408 e.